The van der Waals surface area contributed by atoms with E-state index in [0.717, 1.165) is 12.1 Å². The average molecular weight is 122 g/mol. The van der Waals surface area contributed by atoms with Crippen molar-refractivity contribution in [2.24, 2.45) is 0 Å². The zero-order valence-electron chi connectivity index (χ0n) is 5.64. The van der Waals surface area contributed by atoms with Crippen LogP contribution in [-0.2, 0) is 0 Å². The standard InChI is InChI=1S/C8H12N/c1-6-3-7-5-8(4-6)9(7)2/h7-8H,1-5H2/q-1. The van der Waals surface area contributed by atoms with Gasteiger partial charge < -0.3 is 4.90 Å². The van der Waals surface area contributed by atoms with Crippen molar-refractivity contribution in [3.8, 4) is 0 Å². The van der Waals surface area contributed by atoms with E-state index in [1.54, 1.807) is 0 Å². The maximum absolute atomic E-state index is 3.97. The molecule has 0 amide bonds. The van der Waals surface area contributed by atoms with E-state index in [9.17, 15) is 0 Å². The first-order chi connectivity index (χ1) is 4.27. The summed E-state index contributed by atoms with van der Waals surface area (Å²) in [6, 6.07) is 1.49. The van der Waals surface area contributed by atoms with Gasteiger partial charge in [0, 0.05) is 0 Å². The van der Waals surface area contributed by atoms with Crippen LogP contribution in [0.15, 0.2) is 12.2 Å². The van der Waals surface area contributed by atoms with E-state index in [2.05, 4.69) is 18.5 Å². The summed E-state index contributed by atoms with van der Waals surface area (Å²) < 4.78 is 0. The molecule has 2 atom stereocenters. The van der Waals surface area contributed by atoms with Gasteiger partial charge in [0.05, 0.1) is 0 Å². The van der Waals surface area contributed by atoms with Crippen molar-refractivity contribution >= 4 is 0 Å². The predicted octanol–water partition coefficient (Wildman–Crippen LogP) is 1.57. The topological polar surface area (TPSA) is 3.24 Å². The smallest absolute Gasteiger partial charge is 0.0131 e. The van der Waals surface area contributed by atoms with Gasteiger partial charge >= 0.3 is 0 Å². The summed E-state index contributed by atoms with van der Waals surface area (Å²) >= 11 is 0. The summed E-state index contributed by atoms with van der Waals surface area (Å²) in [6.45, 7) is 3.97. The van der Waals surface area contributed by atoms with Crippen LogP contribution in [0, 0.1) is 7.05 Å². The molecule has 2 bridgehead atoms. The first-order valence-electron chi connectivity index (χ1n) is 3.53. The molecule has 2 unspecified atom stereocenters. The van der Waals surface area contributed by atoms with Crippen molar-refractivity contribution in [1.82, 2.24) is 4.90 Å². The van der Waals surface area contributed by atoms with Crippen LogP contribution in [0.1, 0.15) is 19.3 Å². The molecule has 1 aliphatic carbocycles. The lowest BCUT2D eigenvalue weighted by Gasteiger charge is -2.57. The van der Waals surface area contributed by atoms with Crippen molar-refractivity contribution in [2.75, 3.05) is 0 Å². The maximum atomic E-state index is 3.97. The van der Waals surface area contributed by atoms with E-state index in [4.69, 9.17) is 0 Å². The summed E-state index contributed by atoms with van der Waals surface area (Å²) in [7, 11) is 3.95. The third-order valence-corrected chi connectivity index (χ3v) is 2.53. The maximum Gasteiger partial charge on any atom is -0.0131 e. The van der Waals surface area contributed by atoms with Gasteiger partial charge in [-0.15, -0.1) is 0 Å². The predicted molar refractivity (Wildman–Crippen MR) is 37.8 cm³/mol. The average Bonchev–Trinajstić information content (AvgIpc) is 1.87. The monoisotopic (exact) mass is 122 g/mol. The van der Waals surface area contributed by atoms with E-state index in [0.29, 0.717) is 0 Å². The highest BCUT2D eigenvalue weighted by atomic mass is 15.2. The molecule has 3 rings (SSSR count). The third kappa shape index (κ3) is 0.645. The number of hydrogen-bond donors (Lipinski definition) is 0. The second kappa shape index (κ2) is 1.60. The van der Waals surface area contributed by atoms with Crippen LogP contribution in [-0.4, -0.2) is 17.0 Å². The van der Waals surface area contributed by atoms with Crippen LogP contribution in [0.4, 0.5) is 0 Å². The van der Waals surface area contributed by atoms with Crippen molar-refractivity contribution in [3.63, 3.8) is 0 Å². The van der Waals surface area contributed by atoms with E-state index in [1.165, 1.54) is 24.8 Å². The zero-order valence-corrected chi connectivity index (χ0v) is 5.64. The molecule has 1 heteroatoms. The minimum atomic E-state index is 0.747. The molecule has 50 valence electrons. The van der Waals surface area contributed by atoms with Crippen LogP contribution >= 0.6 is 0 Å². The van der Waals surface area contributed by atoms with Gasteiger partial charge in [0.25, 0.3) is 0 Å². The number of fused-ring (bicyclic) bond motifs is 2. The quantitative estimate of drug-likeness (QED) is 0.348. The minimum Gasteiger partial charge on any atom is -0.453 e. The van der Waals surface area contributed by atoms with Gasteiger partial charge in [0.2, 0.25) is 0 Å². The van der Waals surface area contributed by atoms with Crippen LogP contribution in [0.3, 0.4) is 0 Å². The van der Waals surface area contributed by atoms with E-state index < -0.39 is 0 Å². The molecule has 2 aliphatic heterocycles. The fraction of sp³-hybridized carbons (Fsp3) is 0.625. The number of piperidine rings is 1. The normalized spacial score (nSPS) is 42.6. The largest absolute Gasteiger partial charge is 0.453 e. The fourth-order valence-corrected chi connectivity index (χ4v) is 1.90. The Morgan fingerprint density at radius 3 is 2.33 bits per heavy atom. The molecular formula is C8H12N-. The molecule has 2 heterocycles. The third-order valence-electron chi connectivity index (χ3n) is 2.53. The molecule has 0 spiro atoms. The molecule has 3 aliphatic rings. The molecule has 0 aromatic carbocycles. The lowest BCUT2D eigenvalue weighted by Crippen LogP contribution is -2.55. The van der Waals surface area contributed by atoms with Gasteiger partial charge in [-0.3, -0.25) is 7.05 Å². The highest BCUT2D eigenvalue weighted by Gasteiger charge is 2.35. The van der Waals surface area contributed by atoms with Gasteiger partial charge in [-0.25, -0.2) is 0 Å². The second-order valence-corrected chi connectivity index (χ2v) is 3.22. The first kappa shape index (κ1) is 5.48. The Balaban J connectivity index is 2.09. The number of hydrogen-bond acceptors (Lipinski definition) is 1. The van der Waals surface area contributed by atoms with E-state index >= 15 is 0 Å². The Morgan fingerprint density at radius 1 is 1.44 bits per heavy atom. The SMILES string of the molecule is C=C1CC2CC(C1)N2[CH2-]. The molecule has 0 N–H and O–H groups in total. The van der Waals surface area contributed by atoms with Crippen LogP contribution in [0.5, 0.6) is 0 Å². The molecule has 1 nitrogen and oxygen atoms in total. The Morgan fingerprint density at radius 2 is 2.00 bits per heavy atom. The summed E-state index contributed by atoms with van der Waals surface area (Å²) in [4.78, 5) is 2.23. The van der Waals surface area contributed by atoms with Crippen LogP contribution in [0.25, 0.3) is 0 Å². The molecule has 2 saturated heterocycles. The van der Waals surface area contributed by atoms with Gasteiger partial charge in [-0.2, -0.15) is 0 Å². The second-order valence-electron chi connectivity index (χ2n) is 3.22. The Bertz CT molecular complexity index is 137. The Labute approximate surface area is 56.4 Å². The molecule has 9 heavy (non-hydrogen) atoms. The van der Waals surface area contributed by atoms with Gasteiger partial charge in [0.1, 0.15) is 0 Å². The molecule has 0 radical (unpaired) electrons. The van der Waals surface area contributed by atoms with Crippen molar-refractivity contribution in [3.05, 3.63) is 19.2 Å². The summed E-state index contributed by atoms with van der Waals surface area (Å²) in [6.07, 6.45) is 3.75. The van der Waals surface area contributed by atoms with Crippen molar-refractivity contribution in [1.29, 1.82) is 0 Å². The Hall–Kier alpha value is -0.300. The molecule has 0 aromatic heterocycles. The van der Waals surface area contributed by atoms with Crippen LogP contribution in [0.2, 0.25) is 0 Å². The molecule has 3 fully saturated rings. The summed E-state index contributed by atoms with van der Waals surface area (Å²) in [5.41, 5.74) is 1.43. The van der Waals surface area contributed by atoms with Crippen LogP contribution < -0.4 is 0 Å². The minimum absolute atomic E-state index is 0.747. The zero-order chi connectivity index (χ0) is 6.43. The van der Waals surface area contributed by atoms with Gasteiger partial charge in [-0.05, 0) is 31.3 Å². The lowest BCUT2D eigenvalue weighted by atomic mass is 9.78. The highest BCUT2D eigenvalue weighted by molar-refractivity contribution is 5.13. The Kier molecular flexibility index (Phi) is 0.974. The number of rotatable bonds is 0. The fourth-order valence-electron chi connectivity index (χ4n) is 1.90. The molecule has 1 saturated carbocycles. The van der Waals surface area contributed by atoms with E-state index in [1.807, 2.05) is 0 Å². The lowest BCUT2D eigenvalue weighted by molar-refractivity contribution is 0.0402. The summed E-state index contributed by atoms with van der Waals surface area (Å²) in [5, 5.41) is 0. The highest BCUT2D eigenvalue weighted by Crippen LogP contribution is 2.39. The summed E-state index contributed by atoms with van der Waals surface area (Å²) in [5.74, 6) is 0. The number of nitrogens with zero attached hydrogens (tertiary/aromatic N) is 1. The first-order valence-corrected chi connectivity index (χ1v) is 3.53. The van der Waals surface area contributed by atoms with Gasteiger partial charge in [-0.1, -0.05) is 12.2 Å². The molecular weight excluding hydrogens is 110 g/mol. The van der Waals surface area contributed by atoms with Crippen molar-refractivity contribution < 1.29 is 0 Å². The molecule has 0 aromatic rings. The van der Waals surface area contributed by atoms with E-state index in [-0.39, 0.29) is 0 Å². The van der Waals surface area contributed by atoms with Gasteiger partial charge in [0.15, 0.2) is 0 Å². The van der Waals surface area contributed by atoms with Crippen molar-refractivity contribution in [2.45, 2.75) is 31.3 Å².